The normalized spacial score (nSPS) is 10.8. The summed E-state index contributed by atoms with van der Waals surface area (Å²) in [5, 5.41) is 14.5. The molecule has 1 aromatic heterocycles. The van der Waals surface area contributed by atoms with Crippen molar-refractivity contribution in [2.24, 2.45) is 0 Å². The summed E-state index contributed by atoms with van der Waals surface area (Å²) in [4.78, 5) is 12.0. The Morgan fingerprint density at radius 2 is 2.04 bits per heavy atom. The Hall–Kier alpha value is -2.29. The molecular weight excluding hydrogens is 354 g/mol. The average molecular weight is 379 g/mol. The van der Waals surface area contributed by atoms with Crippen molar-refractivity contribution in [2.45, 2.75) is 32.1 Å². The lowest BCUT2D eigenvalue weighted by Gasteiger charge is -2.10. The molecule has 0 saturated heterocycles. The van der Waals surface area contributed by atoms with Crippen LogP contribution in [-0.4, -0.2) is 52.6 Å². The van der Waals surface area contributed by atoms with E-state index in [2.05, 4.69) is 20.8 Å². The predicted molar refractivity (Wildman–Crippen MR) is 101 cm³/mol. The van der Waals surface area contributed by atoms with Crippen LogP contribution in [0.2, 0.25) is 0 Å². The van der Waals surface area contributed by atoms with Gasteiger partial charge >= 0.3 is 0 Å². The largest absolute Gasteiger partial charge is 0.493 e. The Labute approximate surface area is 157 Å². The number of nitrogens with zero attached hydrogens (tertiary/aromatic N) is 4. The molecule has 1 amide bonds. The molecule has 9 heteroatoms. The van der Waals surface area contributed by atoms with Crippen molar-refractivity contribution in [2.75, 3.05) is 26.5 Å². The molecule has 0 bridgehead atoms. The molecule has 0 spiro atoms. The molecule has 0 aliphatic carbocycles. The van der Waals surface area contributed by atoms with Gasteiger partial charge in [-0.25, -0.2) is 4.68 Å². The zero-order valence-electron chi connectivity index (χ0n) is 15.6. The first kappa shape index (κ1) is 20.0. The first-order valence-electron chi connectivity index (χ1n) is 8.37. The molecule has 0 unspecified atom stereocenters. The lowest BCUT2D eigenvalue weighted by atomic mass is 10.1. The zero-order valence-corrected chi connectivity index (χ0v) is 16.4. The maximum absolute atomic E-state index is 12.0. The van der Waals surface area contributed by atoms with Crippen LogP contribution in [0.3, 0.4) is 0 Å². The molecule has 26 heavy (non-hydrogen) atoms. The molecule has 0 aliphatic heterocycles. The fraction of sp³-hybridized carbons (Fsp3) is 0.529. The minimum Gasteiger partial charge on any atom is -0.493 e. The number of tetrazole rings is 1. The Morgan fingerprint density at radius 3 is 2.73 bits per heavy atom. The molecule has 142 valence electrons. The van der Waals surface area contributed by atoms with E-state index in [0.29, 0.717) is 29.5 Å². The molecule has 0 atom stereocenters. The van der Waals surface area contributed by atoms with Crippen LogP contribution < -0.4 is 14.8 Å². The number of amides is 1. The highest BCUT2D eigenvalue weighted by molar-refractivity contribution is 7.99. The first-order valence-corrected chi connectivity index (χ1v) is 9.52. The molecule has 1 N–H and O–H groups in total. The van der Waals surface area contributed by atoms with Gasteiger partial charge in [-0.15, -0.1) is 16.9 Å². The van der Waals surface area contributed by atoms with Gasteiger partial charge in [-0.3, -0.25) is 4.79 Å². The highest BCUT2D eigenvalue weighted by Gasteiger charge is 2.10. The van der Waals surface area contributed by atoms with Gasteiger partial charge in [0.1, 0.15) is 0 Å². The number of ether oxygens (including phenoxy) is 2. The van der Waals surface area contributed by atoms with Crippen LogP contribution in [0, 0.1) is 0 Å². The van der Waals surface area contributed by atoms with Crippen molar-refractivity contribution in [3.8, 4) is 11.5 Å². The fourth-order valence-electron chi connectivity index (χ4n) is 2.38. The van der Waals surface area contributed by atoms with Gasteiger partial charge in [0.25, 0.3) is 0 Å². The van der Waals surface area contributed by atoms with Crippen molar-refractivity contribution in [3.05, 3.63) is 29.6 Å². The van der Waals surface area contributed by atoms with Crippen LogP contribution in [0.25, 0.3) is 0 Å². The van der Waals surface area contributed by atoms with E-state index in [0.717, 1.165) is 17.8 Å². The van der Waals surface area contributed by atoms with Crippen molar-refractivity contribution in [3.63, 3.8) is 0 Å². The molecule has 0 fully saturated rings. The van der Waals surface area contributed by atoms with Gasteiger partial charge in [0.2, 0.25) is 5.91 Å². The van der Waals surface area contributed by atoms with Gasteiger partial charge in [-0.05, 0) is 48.4 Å². The van der Waals surface area contributed by atoms with E-state index >= 15 is 0 Å². The number of carbonyl (C=O) groups is 1. The summed E-state index contributed by atoms with van der Waals surface area (Å²) in [6.45, 7) is 4.61. The topological polar surface area (TPSA) is 91.2 Å². The van der Waals surface area contributed by atoms with Crippen LogP contribution in [0.4, 0.5) is 0 Å². The van der Waals surface area contributed by atoms with Gasteiger partial charge in [-0.2, -0.15) is 0 Å². The van der Waals surface area contributed by atoms with Crippen LogP contribution in [0.5, 0.6) is 11.5 Å². The number of aromatic nitrogens is 4. The van der Waals surface area contributed by atoms with E-state index in [1.54, 1.807) is 18.9 Å². The van der Waals surface area contributed by atoms with Crippen LogP contribution >= 0.6 is 11.8 Å². The second-order valence-electron chi connectivity index (χ2n) is 5.92. The van der Waals surface area contributed by atoms with Gasteiger partial charge in [0.15, 0.2) is 17.3 Å². The van der Waals surface area contributed by atoms with Gasteiger partial charge in [0.05, 0.1) is 31.8 Å². The smallest absolute Gasteiger partial charge is 0.230 e. The van der Waals surface area contributed by atoms with Crippen LogP contribution in [0.1, 0.15) is 31.3 Å². The number of thioether (sulfide) groups is 1. The molecule has 8 nitrogen and oxygen atoms in total. The van der Waals surface area contributed by atoms with E-state index < -0.39 is 0 Å². The summed E-state index contributed by atoms with van der Waals surface area (Å²) in [7, 11) is 3.21. The summed E-state index contributed by atoms with van der Waals surface area (Å²) in [5.41, 5.74) is 1.08. The minimum absolute atomic E-state index is 0.000881. The standard InChI is InChI=1S/C17H25N5O3S/c1-12(2)22-16(19-20-21-22)10-26-11-17(23)18-8-7-13-5-6-14(24-3)15(9-13)25-4/h5-6,9,12H,7-8,10-11H2,1-4H3,(H,18,23). The summed E-state index contributed by atoms with van der Waals surface area (Å²) >= 11 is 1.50. The number of carbonyl (C=O) groups excluding carboxylic acids is 1. The molecule has 1 heterocycles. The number of hydrogen-bond acceptors (Lipinski definition) is 7. The van der Waals surface area contributed by atoms with Crippen molar-refractivity contribution in [1.82, 2.24) is 25.5 Å². The Kier molecular flexibility index (Phi) is 7.71. The second kappa shape index (κ2) is 10.0. The monoisotopic (exact) mass is 379 g/mol. The molecule has 0 radical (unpaired) electrons. The van der Waals surface area contributed by atoms with Crippen molar-refractivity contribution in [1.29, 1.82) is 0 Å². The summed E-state index contributed by atoms with van der Waals surface area (Å²) in [6.07, 6.45) is 0.725. The molecule has 0 aliphatic rings. The third-order valence-corrected chi connectivity index (χ3v) is 4.63. The summed E-state index contributed by atoms with van der Waals surface area (Å²) in [5.74, 6) is 3.14. The summed E-state index contributed by atoms with van der Waals surface area (Å²) in [6, 6.07) is 5.96. The highest BCUT2D eigenvalue weighted by atomic mass is 32.2. The lowest BCUT2D eigenvalue weighted by Crippen LogP contribution is -2.27. The van der Waals surface area contributed by atoms with E-state index in [-0.39, 0.29) is 11.9 Å². The highest BCUT2D eigenvalue weighted by Crippen LogP contribution is 2.27. The Balaban J connectivity index is 1.71. The zero-order chi connectivity index (χ0) is 18.9. The number of hydrogen-bond donors (Lipinski definition) is 1. The minimum atomic E-state index is -0.000881. The second-order valence-corrected chi connectivity index (χ2v) is 6.90. The molecule has 2 aromatic rings. The Bertz CT molecular complexity index is 720. The van der Waals surface area contributed by atoms with Gasteiger partial charge in [-0.1, -0.05) is 6.07 Å². The van der Waals surface area contributed by atoms with E-state index in [9.17, 15) is 4.79 Å². The van der Waals surface area contributed by atoms with E-state index in [1.807, 2.05) is 32.0 Å². The SMILES string of the molecule is COc1ccc(CCNC(=O)CSCc2nnnn2C(C)C)cc1OC. The van der Waals surface area contributed by atoms with Gasteiger partial charge in [0, 0.05) is 6.54 Å². The quantitative estimate of drug-likeness (QED) is 0.674. The molecular formula is C17H25N5O3S. The molecule has 0 saturated carbocycles. The first-order chi connectivity index (χ1) is 12.5. The number of rotatable bonds is 10. The number of methoxy groups -OCH3 is 2. The molecule has 2 rings (SSSR count). The Morgan fingerprint density at radius 1 is 1.27 bits per heavy atom. The van der Waals surface area contributed by atoms with E-state index in [4.69, 9.17) is 9.47 Å². The van der Waals surface area contributed by atoms with Crippen molar-refractivity contribution >= 4 is 17.7 Å². The predicted octanol–water partition coefficient (Wildman–Crippen LogP) is 1.86. The van der Waals surface area contributed by atoms with Crippen LogP contribution in [0.15, 0.2) is 18.2 Å². The number of nitrogens with one attached hydrogen (secondary N) is 1. The van der Waals surface area contributed by atoms with Crippen LogP contribution in [-0.2, 0) is 17.0 Å². The van der Waals surface area contributed by atoms with Gasteiger partial charge < -0.3 is 14.8 Å². The summed E-state index contributed by atoms with van der Waals surface area (Å²) < 4.78 is 12.3. The third kappa shape index (κ3) is 5.62. The van der Waals surface area contributed by atoms with E-state index in [1.165, 1.54) is 11.8 Å². The fourth-order valence-corrected chi connectivity index (χ4v) is 3.14. The average Bonchev–Trinajstić information content (AvgIpc) is 3.10. The van der Waals surface area contributed by atoms with Crippen molar-refractivity contribution < 1.29 is 14.3 Å². The maximum Gasteiger partial charge on any atom is 0.230 e. The molecule has 1 aromatic carbocycles. The lowest BCUT2D eigenvalue weighted by molar-refractivity contribution is -0.118. The number of benzene rings is 1. The maximum atomic E-state index is 12.0. The third-order valence-electron chi connectivity index (χ3n) is 3.70.